The van der Waals surface area contributed by atoms with Gasteiger partial charge in [-0.15, -0.1) is 12.4 Å². The highest BCUT2D eigenvalue weighted by molar-refractivity contribution is 5.92. The lowest BCUT2D eigenvalue weighted by Gasteiger charge is -2.09. The Labute approximate surface area is 130 Å². The Hall–Kier alpha value is -2.48. The van der Waals surface area contributed by atoms with Crippen molar-refractivity contribution in [2.75, 3.05) is 6.61 Å². The SMILES string of the molecule is CCc1cnc2n1CCOc1c-2[nH]c(=O)c(C(=O)O)c1O.Cl. The molecule has 1 aliphatic rings. The molecule has 3 N–H and O–H groups in total. The summed E-state index contributed by atoms with van der Waals surface area (Å²) in [5.74, 6) is -1.79. The average molecular weight is 328 g/mol. The van der Waals surface area contributed by atoms with Crippen LogP contribution in [0.5, 0.6) is 11.5 Å². The summed E-state index contributed by atoms with van der Waals surface area (Å²) in [5.41, 5.74) is -0.467. The molecule has 2 aromatic rings. The molecule has 3 rings (SSSR count). The molecule has 0 atom stereocenters. The summed E-state index contributed by atoms with van der Waals surface area (Å²) in [6, 6.07) is 0. The quantitative estimate of drug-likeness (QED) is 0.758. The zero-order valence-electron chi connectivity index (χ0n) is 11.6. The second-order valence-corrected chi connectivity index (χ2v) is 4.61. The minimum absolute atomic E-state index is 0. The van der Waals surface area contributed by atoms with Crippen molar-refractivity contribution in [1.29, 1.82) is 0 Å². The molecule has 22 heavy (non-hydrogen) atoms. The highest BCUT2D eigenvalue weighted by Crippen LogP contribution is 2.38. The Morgan fingerprint density at radius 2 is 2.27 bits per heavy atom. The summed E-state index contributed by atoms with van der Waals surface area (Å²) in [5, 5.41) is 19.0. The van der Waals surface area contributed by atoms with Crippen molar-refractivity contribution in [3.05, 3.63) is 27.8 Å². The number of rotatable bonds is 2. The minimum atomic E-state index is -1.51. The fourth-order valence-corrected chi connectivity index (χ4v) is 2.45. The van der Waals surface area contributed by atoms with Crippen LogP contribution >= 0.6 is 12.4 Å². The fraction of sp³-hybridized carbons (Fsp3) is 0.308. The van der Waals surface area contributed by atoms with Crippen LogP contribution in [0.2, 0.25) is 0 Å². The smallest absolute Gasteiger partial charge is 0.345 e. The zero-order chi connectivity index (χ0) is 15.1. The molecule has 0 saturated heterocycles. The fourth-order valence-electron chi connectivity index (χ4n) is 2.45. The predicted octanol–water partition coefficient (Wildman–Crippen LogP) is 1.02. The Morgan fingerprint density at radius 3 is 2.91 bits per heavy atom. The van der Waals surface area contributed by atoms with Gasteiger partial charge in [-0.05, 0) is 6.42 Å². The van der Waals surface area contributed by atoms with E-state index < -0.39 is 22.8 Å². The monoisotopic (exact) mass is 327 g/mol. The van der Waals surface area contributed by atoms with Crippen molar-refractivity contribution in [3.63, 3.8) is 0 Å². The molecule has 0 unspecified atom stereocenters. The van der Waals surface area contributed by atoms with Crippen LogP contribution in [-0.4, -0.2) is 37.3 Å². The third kappa shape index (κ3) is 2.21. The lowest BCUT2D eigenvalue weighted by Crippen LogP contribution is -2.19. The number of nitrogens with one attached hydrogen (secondary N) is 1. The third-order valence-electron chi connectivity index (χ3n) is 3.44. The average Bonchev–Trinajstić information content (AvgIpc) is 2.74. The molecule has 8 nitrogen and oxygen atoms in total. The molecule has 9 heteroatoms. The van der Waals surface area contributed by atoms with Crippen LogP contribution in [0, 0.1) is 0 Å². The van der Waals surface area contributed by atoms with Crippen molar-refractivity contribution in [2.24, 2.45) is 0 Å². The number of hydrogen-bond donors (Lipinski definition) is 3. The number of hydrogen-bond acceptors (Lipinski definition) is 5. The Kier molecular flexibility index (Phi) is 4.14. The third-order valence-corrected chi connectivity index (χ3v) is 3.44. The molecule has 0 saturated carbocycles. The van der Waals surface area contributed by atoms with Gasteiger partial charge in [0.15, 0.2) is 22.9 Å². The van der Waals surface area contributed by atoms with Crippen molar-refractivity contribution in [2.45, 2.75) is 19.9 Å². The maximum Gasteiger partial charge on any atom is 0.345 e. The van der Waals surface area contributed by atoms with Crippen molar-refractivity contribution >= 4 is 18.4 Å². The van der Waals surface area contributed by atoms with Gasteiger partial charge in [0, 0.05) is 11.9 Å². The number of H-pyrrole nitrogens is 1. The molecule has 3 heterocycles. The number of aromatic amines is 1. The maximum atomic E-state index is 11.9. The van der Waals surface area contributed by atoms with Gasteiger partial charge in [-0.1, -0.05) is 6.92 Å². The first-order valence-corrected chi connectivity index (χ1v) is 6.44. The van der Waals surface area contributed by atoms with Gasteiger partial charge in [0.25, 0.3) is 5.56 Å². The Balaban J connectivity index is 0.00000176. The van der Waals surface area contributed by atoms with Crippen LogP contribution in [0.3, 0.4) is 0 Å². The van der Waals surface area contributed by atoms with Crippen molar-refractivity contribution in [1.82, 2.24) is 14.5 Å². The number of aromatic hydroxyl groups is 1. The second kappa shape index (κ2) is 5.72. The first-order chi connectivity index (χ1) is 10.0. The summed E-state index contributed by atoms with van der Waals surface area (Å²) in [4.78, 5) is 29.6. The first-order valence-electron chi connectivity index (χ1n) is 6.44. The Bertz CT molecular complexity index is 796. The molecule has 0 aliphatic carbocycles. The predicted molar refractivity (Wildman–Crippen MR) is 79.0 cm³/mol. The molecule has 1 aliphatic heterocycles. The number of ether oxygens (including phenoxy) is 1. The number of carboxylic acid groups (broad SMARTS) is 1. The Morgan fingerprint density at radius 1 is 1.55 bits per heavy atom. The number of carboxylic acids is 1. The highest BCUT2D eigenvalue weighted by atomic mass is 35.5. The number of aromatic nitrogens is 3. The van der Waals surface area contributed by atoms with E-state index in [4.69, 9.17) is 9.84 Å². The van der Waals surface area contributed by atoms with Gasteiger partial charge < -0.3 is 24.5 Å². The van der Waals surface area contributed by atoms with E-state index in [1.165, 1.54) is 0 Å². The lowest BCUT2D eigenvalue weighted by atomic mass is 10.2. The number of fused-ring (bicyclic) bond motifs is 3. The lowest BCUT2D eigenvalue weighted by molar-refractivity contribution is 0.0690. The van der Waals surface area contributed by atoms with Gasteiger partial charge in [-0.3, -0.25) is 4.79 Å². The van der Waals surface area contributed by atoms with Crippen LogP contribution < -0.4 is 10.3 Å². The van der Waals surface area contributed by atoms with Gasteiger partial charge in [0.05, 0.1) is 6.54 Å². The van der Waals surface area contributed by atoms with Crippen LogP contribution in [0.4, 0.5) is 0 Å². The summed E-state index contributed by atoms with van der Waals surface area (Å²) in [7, 11) is 0. The van der Waals surface area contributed by atoms with E-state index in [0.717, 1.165) is 12.1 Å². The largest absolute Gasteiger partial charge is 0.503 e. The van der Waals surface area contributed by atoms with E-state index in [-0.39, 0.29) is 30.5 Å². The second-order valence-electron chi connectivity index (χ2n) is 4.61. The summed E-state index contributed by atoms with van der Waals surface area (Å²) >= 11 is 0. The van der Waals surface area contributed by atoms with Gasteiger partial charge in [0.1, 0.15) is 12.3 Å². The zero-order valence-corrected chi connectivity index (χ0v) is 12.4. The molecule has 0 spiro atoms. The van der Waals surface area contributed by atoms with E-state index in [0.29, 0.717) is 12.4 Å². The normalized spacial score (nSPS) is 12.4. The van der Waals surface area contributed by atoms with E-state index in [2.05, 4.69) is 9.97 Å². The van der Waals surface area contributed by atoms with E-state index in [1.54, 1.807) is 6.20 Å². The van der Waals surface area contributed by atoms with Gasteiger partial charge in [0.2, 0.25) is 0 Å². The molecule has 0 aromatic carbocycles. The summed E-state index contributed by atoms with van der Waals surface area (Å²) in [6.45, 7) is 2.71. The molecular formula is C13H14ClN3O5. The minimum Gasteiger partial charge on any atom is -0.503 e. The molecule has 0 bridgehead atoms. The molecule has 0 amide bonds. The van der Waals surface area contributed by atoms with Crippen molar-refractivity contribution in [3.8, 4) is 23.0 Å². The number of pyridine rings is 1. The maximum absolute atomic E-state index is 11.9. The summed E-state index contributed by atoms with van der Waals surface area (Å²) < 4.78 is 7.30. The topological polar surface area (TPSA) is 117 Å². The number of carbonyl (C=O) groups is 1. The van der Waals surface area contributed by atoms with Crippen LogP contribution in [0.1, 0.15) is 23.0 Å². The number of nitrogens with zero attached hydrogens (tertiary/aromatic N) is 2. The summed E-state index contributed by atoms with van der Waals surface area (Å²) in [6.07, 6.45) is 2.44. The molecule has 118 valence electrons. The first kappa shape index (κ1) is 15.9. The standard InChI is InChI=1S/C13H13N3O5.ClH/c1-2-6-5-14-11-8-10(21-4-3-16(6)11)9(17)7(13(19)20)12(18)15-8;/h5H,2-4H2,1H3,(H,19,20)(H2,15,17,18);1H. The van der Waals surface area contributed by atoms with E-state index in [1.807, 2.05) is 11.5 Å². The van der Waals surface area contributed by atoms with Crippen molar-refractivity contribution < 1.29 is 19.7 Å². The molecule has 0 fully saturated rings. The van der Waals surface area contributed by atoms with Crippen LogP contribution in [0.25, 0.3) is 11.5 Å². The number of imidazole rings is 1. The van der Waals surface area contributed by atoms with E-state index in [9.17, 15) is 14.7 Å². The molecular weight excluding hydrogens is 314 g/mol. The van der Waals surface area contributed by atoms with Crippen LogP contribution in [-0.2, 0) is 13.0 Å². The van der Waals surface area contributed by atoms with Gasteiger partial charge in [-0.2, -0.15) is 0 Å². The van der Waals surface area contributed by atoms with Gasteiger partial charge in [-0.25, -0.2) is 9.78 Å². The number of aromatic carboxylic acids is 1. The highest BCUT2D eigenvalue weighted by Gasteiger charge is 2.28. The number of aryl methyl sites for hydroxylation is 1. The van der Waals surface area contributed by atoms with E-state index >= 15 is 0 Å². The number of halogens is 1. The van der Waals surface area contributed by atoms with Crippen LogP contribution in [0.15, 0.2) is 11.0 Å². The molecule has 0 radical (unpaired) electrons. The van der Waals surface area contributed by atoms with Gasteiger partial charge >= 0.3 is 5.97 Å². The molecule has 2 aromatic heterocycles.